The Morgan fingerprint density at radius 2 is 1.90 bits per heavy atom. The molecule has 0 saturated carbocycles. The highest BCUT2D eigenvalue weighted by Crippen LogP contribution is 2.21. The molecule has 0 aliphatic heterocycles. The average molecular weight is 289 g/mol. The van der Waals surface area contributed by atoms with E-state index in [1.54, 1.807) is 0 Å². The molecule has 2 nitrogen and oxygen atoms in total. The summed E-state index contributed by atoms with van der Waals surface area (Å²) >= 11 is 0. The third-order valence-electron chi connectivity index (χ3n) is 3.20. The second kappa shape index (κ2) is 7.64. The smallest absolute Gasteiger partial charge is 0.379 e. The minimum absolute atomic E-state index is 0.0764. The quantitative estimate of drug-likeness (QED) is 0.768. The molecule has 0 amide bonds. The van der Waals surface area contributed by atoms with Gasteiger partial charge in [0.25, 0.3) is 0 Å². The summed E-state index contributed by atoms with van der Waals surface area (Å²) in [4.78, 5) is 0. The maximum atomic E-state index is 12.1. The van der Waals surface area contributed by atoms with Gasteiger partial charge in [0.1, 0.15) is 0 Å². The molecule has 5 heteroatoms. The predicted octanol–water partition coefficient (Wildman–Crippen LogP) is 3.92. The van der Waals surface area contributed by atoms with Gasteiger partial charge in [-0.1, -0.05) is 25.1 Å². The largest absolute Gasteiger partial charge is 0.391 e. The molecule has 0 spiro atoms. The van der Waals surface area contributed by atoms with E-state index >= 15 is 0 Å². The third kappa shape index (κ3) is 5.92. The van der Waals surface area contributed by atoms with Gasteiger partial charge in [0.15, 0.2) is 0 Å². The summed E-state index contributed by atoms with van der Waals surface area (Å²) in [5, 5.41) is 3.24. The number of hydrogen-bond donors (Lipinski definition) is 1. The standard InChI is InChI=1S/C15H22F3NO/c1-4-19-14(10-20-8-7-15(16,17)18)13-6-5-11(2)12(3)9-13/h5-6,9,14,19H,4,7-8,10H2,1-3H3. The van der Waals surface area contributed by atoms with Crippen LogP contribution in [-0.2, 0) is 4.74 Å². The van der Waals surface area contributed by atoms with Gasteiger partial charge in [0, 0.05) is 0 Å². The molecule has 1 N–H and O–H groups in total. The van der Waals surface area contributed by atoms with E-state index in [0.29, 0.717) is 0 Å². The first-order chi connectivity index (χ1) is 9.33. The topological polar surface area (TPSA) is 21.3 Å². The molecule has 1 atom stereocenters. The van der Waals surface area contributed by atoms with E-state index in [0.717, 1.165) is 12.1 Å². The van der Waals surface area contributed by atoms with Crippen molar-refractivity contribution in [3.63, 3.8) is 0 Å². The van der Waals surface area contributed by atoms with Crippen LogP contribution in [0.25, 0.3) is 0 Å². The first-order valence-electron chi connectivity index (χ1n) is 6.78. The molecular weight excluding hydrogens is 267 g/mol. The molecule has 0 aliphatic carbocycles. The van der Waals surface area contributed by atoms with Crippen molar-refractivity contribution in [2.75, 3.05) is 19.8 Å². The molecule has 20 heavy (non-hydrogen) atoms. The molecule has 0 saturated heterocycles. The summed E-state index contributed by atoms with van der Waals surface area (Å²) in [5.41, 5.74) is 3.41. The van der Waals surface area contributed by atoms with Crippen molar-refractivity contribution in [1.29, 1.82) is 0 Å². The normalized spacial score (nSPS) is 13.5. The molecule has 114 valence electrons. The Morgan fingerprint density at radius 3 is 2.45 bits per heavy atom. The minimum Gasteiger partial charge on any atom is -0.379 e. The number of ether oxygens (including phenoxy) is 1. The van der Waals surface area contributed by atoms with Gasteiger partial charge in [0.05, 0.1) is 25.7 Å². The number of likely N-dealkylation sites (N-methyl/N-ethyl adjacent to an activating group) is 1. The lowest BCUT2D eigenvalue weighted by molar-refractivity contribution is -0.145. The highest BCUT2D eigenvalue weighted by molar-refractivity contribution is 5.31. The van der Waals surface area contributed by atoms with Gasteiger partial charge in [-0.25, -0.2) is 0 Å². The van der Waals surface area contributed by atoms with Crippen LogP contribution in [0.15, 0.2) is 18.2 Å². The Kier molecular flexibility index (Phi) is 6.49. The summed E-state index contributed by atoms with van der Waals surface area (Å²) < 4.78 is 41.3. The van der Waals surface area contributed by atoms with Crippen molar-refractivity contribution in [1.82, 2.24) is 5.32 Å². The Morgan fingerprint density at radius 1 is 1.20 bits per heavy atom. The van der Waals surface area contributed by atoms with Crippen LogP contribution in [0.2, 0.25) is 0 Å². The second-order valence-electron chi connectivity index (χ2n) is 4.89. The lowest BCUT2D eigenvalue weighted by atomic mass is 10.0. The molecule has 0 bridgehead atoms. The Labute approximate surface area is 118 Å². The van der Waals surface area contributed by atoms with Crippen LogP contribution in [0.1, 0.15) is 36.1 Å². The van der Waals surface area contributed by atoms with Crippen molar-refractivity contribution in [2.45, 2.75) is 39.4 Å². The number of hydrogen-bond acceptors (Lipinski definition) is 2. The summed E-state index contributed by atoms with van der Waals surface area (Å²) in [6, 6.07) is 5.98. The second-order valence-corrected chi connectivity index (χ2v) is 4.89. The monoisotopic (exact) mass is 289 g/mol. The van der Waals surface area contributed by atoms with Crippen molar-refractivity contribution >= 4 is 0 Å². The molecule has 1 aromatic rings. The van der Waals surface area contributed by atoms with Gasteiger partial charge in [-0.15, -0.1) is 0 Å². The lowest BCUT2D eigenvalue weighted by Gasteiger charge is -2.20. The van der Waals surface area contributed by atoms with Gasteiger partial charge in [-0.05, 0) is 37.1 Å². The lowest BCUT2D eigenvalue weighted by Crippen LogP contribution is -2.26. The van der Waals surface area contributed by atoms with E-state index < -0.39 is 12.6 Å². The summed E-state index contributed by atoms with van der Waals surface area (Å²) in [5.74, 6) is 0. The molecule has 1 unspecified atom stereocenters. The fourth-order valence-corrected chi connectivity index (χ4v) is 1.89. The highest BCUT2D eigenvalue weighted by atomic mass is 19.4. The zero-order valence-electron chi connectivity index (χ0n) is 12.2. The SMILES string of the molecule is CCNC(COCCC(F)(F)F)c1ccc(C)c(C)c1. The van der Waals surface area contributed by atoms with Gasteiger partial charge in [-0.2, -0.15) is 13.2 Å². The number of alkyl halides is 3. The fraction of sp³-hybridized carbons (Fsp3) is 0.600. The number of nitrogens with one attached hydrogen (secondary N) is 1. The van der Waals surface area contributed by atoms with E-state index in [4.69, 9.17) is 4.74 Å². The molecule has 0 aromatic heterocycles. The van der Waals surface area contributed by atoms with Crippen LogP contribution >= 0.6 is 0 Å². The summed E-state index contributed by atoms with van der Waals surface area (Å²) in [6.07, 6.45) is -5.06. The van der Waals surface area contributed by atoms with Crippen LogP contribution in [0, 0.1) is 13.8 Å². The molecule has 0 heterocycles. The van der Waals surface area contributed by atoms with Crippen molar-refractivity contribution in [2.24, 2.45) is 0 Å². The van der Waals surface area contributed by atoms with E-state index in [2.05, 4.69) is 11.4 Å². The molecule has 1 rings (SSSR count). The summed E-state index contributed by atoms with van der Waals surface area (Å²) in [7, 11) is 0. The number of aryl methyl sites for hydroxylation is 2. The average Bonchev–Trinajstić information content (AvgIpc) is 2.35. The van der Waals surface area contributed by atoms with E-state index in [-0.39, 0.29) is 19.3 Å². The fourth-order valence-electron chi connectivity index (χ4n) is 1.89. The van der Waals surface area contributed by atoms with E-state index in [1.165, 1.54) is 11.1 Å². The van der Waals surface area contributed by atoms with Crippen LogP contribution in [0.4, 0.5) is 13.2 Å². The number of halogens is 3. The number of rotatable bonds is 7. The Balaban J connectivity index is 2.57. The van der Waals surface area contributed by atoms with Gasteiger partial charge in [0.2, 0.25) is 0 Å². The maximum absolute atomic E-state index is 12.1. The van der Waals surface area contributed by atoms with E-state index in [9.17, 15) is 13.2 Å². The molecule has 0 fully saturated rings. The minimum atomic E-state index is -4.16. The van der Waals surface area contributed by atoms with Gasteiger partial charge >= 0.3 is 6.18 Å². The molecule has 1 aromatic carbocycles. The first kappa shape index (κ1) is 17.0. The number of benzene rings is 1. The van der Waals surface area contributed by atoms with Crippen molar-refractivity contribution in [3.8, 4) is 0 Å². The van der Waals surface area contributed by atoms with Crippen LogP contribution < -0.4 is 5.32 Å². The molecule has 0 radical (unpaired) electrons. The highest BCUT2D eigenvalue weighted by Gasteiger charge is 2.26. The van der Waals surface area contributed by atoms with Crippen molar-refractivity contribution < 1.29 is 17.9 Å². The Bertz CT molecular complexity index is 418. The Hall–Kier alpha value is -1.07. The van der Waals surface area contributed by atoms with Crippen molar-refractivity contribution in [3.05, 3.63) is 34.9 Å². The predicted molar refractivity (Wildman–Crippen MR) is 73.8 cm³/mol. The van der Waals surface area contributed by atoms with Crippen LogP contribution in [-0.4, -0.2) is 25.9 Å². The van der Waals surface area contributed by atoms with Gasteiger partial charge < -0.3 is 10.1 Å². The van der Waals surface area contributed by atoms with Crippen LogP contribution in [0.5, 0.6) is 0 Å². The zero-order valence-corrected chi connectivity index (χ0v) is 12.2. The first-order valence-corrected chi connectivity index (χ1v) is 6.78. The molecular formula is C15H22F3NO. The van der Waals surface area contributed by atoms with Gasteiger partial charge in [-0.3, -0.25) is 0 Å². The summed E-state index contributed by atoms with van der Waals surface area (Å²) in [6.45, 7) is 6.69. The molecule has 0 aliphatic rings. The zero-order chi connectivity index (χ0) is 15.2. The maximum Gasteiger partial charge on any atom is 0.391 e. The van der Waals surface area contributed by atoms with Crippen LogP contribution in [0.3, 0.4) is 0 Å². The van der Waals surface area contributed by atoms with E-state index in [1.807, 2.05) is 32.9 Å². The third-order valence-corrected chi connectivity index (χ3v) is 3.20.